The summed E-state index contributed by atoms with van der Waals surface area (Å²) in [6, 6.07) is 9.83. The summed E-state index contributed by atoms with van der Waals surface area (Å²) < 4.78 is 18.3. The van der Waals surface area contributed by atoms with E-state index in [1.54, 1.807) is 6.20 Å². The largest absolute Gasteiger partial charge is 0.484 e. The number of aromatic nitrogens is 2. The third-order valence-electron chi connectivity index (χ3n) is 4.91. The molecule has 26 heavy (non-hydrogen) atoms. The Kier molecular flexibility index (Phi) is 4.56. The first kappa shape index (κ1) is 16.6. The van der Waals surface area contributed by atoms with Crippen molar-refractivity contribution in [2.24, 2.45) is 0 Å². The van der Waals surface area contributed by atoms with Crippen molar-refractivity contribution in [3.05, 3.63) is 60.3 Å². The Morgan fingerprint density at radius 2 is 2.00 bits per heavy atom. The van der Waals surface area contributed by atoms with E-state index in [0.717, 1.165) is 23.7 Å². The summed E-state index contributed by atoms with van der Waals surface area (Å²) >= 11 is 0. The van der Waals surface area contributed by atoms with E-state index in [1.807, 2.05) is 17.2 Å². The van der Waals surface area contributed by atoms with E-state index in [2.05, 4.69) is 16.0 Å². The van der Waals surface area contributed by atoms with E-state index in [0.29, 0.717) is 24.8 Å². The Morgan fingerprint density at radius 3 is 2.73 bits per heavy atom. The normalized spacial score (nSPS) is 15.3. The van der Waals surface area contributed by atoms with Crippen LogP contribution in [0.4, 0.5) is 4.39 Å². The van der Waals surface area contributed by atoms with Gasteiger partial charge in [-0.1, -0.05) is 0 Å². The number of fused-ring (bicyclic) bond motifs is 1. The number of halogens is 1. The van der Waals surface area contributed by atoms with E-state index in [-0.39, 0.29) is 18.3 Å². The van der Waals surface area contributed by atoms with Crippen molar-refractivity contribution in [3.63, 3.8) is 0 Å². The number of likely N-dealkylation sites (tertiary alicyclic amines) is 1. The van der Waals surface area contributed by atoms with Crippen LogP contribution in [0, 0.1) is 5.82 Å². The van der Waals surface area contributed by atoms with Gasteiger partial charge in [-0.25, -0.2) is 4.39 Å². The van der Waals surface area contributed by atoms with E-state index in [4.69, 9.17) is 4.74 Å². The van der Waals surface area contributed by atoms with Gasteiger partial charge in [-0.15, -0.1) is 0 Å². The smallest absolute Gasteiger partial charge is 0.260 e. The summed E-state index contributed by atoms with van der Waals surface area (Å²) in [5, 5.41) is 1.12. The number of carbonyl (C=O) groups is 1. The van der Waals surface area contributed by atoms with E-state index in [1.165, 1.54) is 30.0 Å². The number of aromatic amines is 1. The molecule has 3 heterocycles. The number of nitrogens with one attached hydrogen (secondary N) is 1. The van der Waals surface area contributed by atoms with Gasteiger partial charge in [-0.2, -0.15) is 0 Å². The van der Waals surface area contributed by atoms with E-state index in [9.17, 15) is 9.18 Å². The molecule has 1 aliphatic heterocycles. The summed E-state index contributed by atoms with van der Waals surface area (Å²) in [4.78, 5) is 21.8. The van der Waals surface area contributed by atoms with Crippen molar-refractivity contribution < 1.29 is 13.9 Å². The molecule has 1 N–H and O–H groups in total. The van der Waals surface area contributed by atoms with Gasteiger partial charge in [0, 0.05) is 48.0 Å². The quantitative estimate of drug-likeness (QED) is 0.781. The topological polar surface area (TPSA) is 58.2 Å². The molecule has 0 saturated carbocycles. The van der Waals surface area contributed by atoms with Gasteiger partial charge in [0.2, 0.25) is 0 Å². The van der Waals surface area contributed by atoms with Crippen LogP contribution in [0.25, 0.3) is 10.9 Å². The maximum absolute atomic E-state index is 12.9. The van der Waals surface area contributed by atoms with Crippen molar-refractivity contribution in [2.75, 3.05) is 19.7 Å². The van der Waals surface area contributed by atoms with Gasteiger partial charge in [0.25, 0.3) is 5.91 Å². The molecule has 3 aromatic rings. The van der Waals surface area contributed by atoms with Gasteiger partial charge in [-0.05, 0) is 49.2 Å². The van der Waals surface area contributed by atoms with Crippen LogP contribution in [0.3, 0.4) is 0 Å². The summed E-state index contributed by atoms with van der Waals surface area (Å²) in [5.41, 5.74) is 2.31. The molecule has 4 rings (SSSR count). The second-order valence-electron chi connectivity index (χ2n) is 6.59. The van der Waals surface area contributed by atoms with Crippen LogP contribution in [0.2, 0.25) is 0 Å². The number of piperidine rings is 1. The molecule has 0 radical (unpaired) electrons. The fourth-order valence-electron chi connectivity index (χ4n) is 3.42. The van der Waals surface area contributed by atoms with Crippen molar-refractivity contribution in [3.8, 4) is 5.75 Å². The van der Waals surface area contributed by atoms with E-state index >= 15 is 0 Å². The van der Waals surface area contributed by atoms with Crippen LogP contribution >= 0.6 is 0 Å². The Hall–Kier alpha value is -2.89. The second-order valence-corrected chi connectivity index (χ2v) is 6.59. The Bertz CT molecular complexity index is 866. The molecule has 5 nitrogen and oxygen atoms in total. The molecule has 2 aromatic heterocycles. The van der Waals surface area contributed by atoms with Crippen molar-refractivity contribution >= 4 is 16.8 Å². The average molecular weight is 353 g/mol. The number of amides is 1. The van der Waals surface area contributed by atoms with Crippen LogP contribution in [0.5, 0.6) is 5.75 Å². The average Bonchev–Trinajstić information content (AvgIpc) is 3.12. The third kappa shape index (κ3) is 3.54. The number of hydrogen-bond donors (Lipinski definition) is 1. The van der Waals surface area contributed by atoms with Gasteiger partial charge >= 0.3 is 0 Å². The van der Waals surface area contributed by atoms with Crippen molar-refractivity contribution in [2.45, 2.75) is 18.8 Å². The molecule has 6 heteroatoms. The van der Waals surface area contributed by atoms with Crippen LogP contribution < -0.4 is 4.74 Å². The lowest BCUT2D eigenvalue weighted by Crippen LogP contribution is -2.40. The molecule has 1 fully saturated rings. The lowest BCUT2D eigenvalue weighted by Gasteiger charge is -2.31. The van der Waals surface area contributed by atoms with E-state index < -0.39 is 0 Å². The van der Waals surface area contributed by atoms with Gasteiger partial charge < -0.3 is 14.6 Å². The van der Waals surface area contributed by atoms with Gasteiger partial charge in [0.15, 0.2) is 6.61 Å². The Morgan fingerprint density at radius 1 is 1.23 bits per heavy atom. The van der Waals surface area contributed by atoms with Crippen LogP contribution in [0.1, 0.15) is 24.5 Å². The number of benzene rings is 1. The first-order valence-electron chi connectivity index (χ1n) is 8.78. The number of nitrogens with zero attached hydrogens (tertiary/aromatic N) is 2. The number of pyridine rings is 1. The monoisotopic (exact) mass is 353 g/mol. The molecule has 1 amide bonds. The number of hydrogen-bond acceptors (Lipinski definition) is 3. The highest BCUT2D eigenvalue weighted by Crippen LogP contribution is 2.29. The highest BCUT2D eigenvalue weighted by atomic mass is 19.1. The minimum Gasteiger partial charge on any atom is -0.484 e. The SMILES string of the molecule is O=C(COc1ccc(F)cc1)N1CCC(c2cc3cnccc3[nH]2)CC1. The lowest BCUT2D eigenvalue weighted by atomic mass is 9.93. The zero-order valence-electron chi connectivity index (χ0n) is 14.3. The zero-order chi connectivity index (χ0) is 17.9. The molecule has 0 atom stereocenters. The standard InChI is InChI=1S/C20H20FN3O2/c21-16-1-3-17(4-2-16)26-13-20(25)24-9-6-14(7-10-24)19-11-15-12-22-8-5-18(15)23-19/h1-5,8,11-12,14,23H,6-7,9-10,13H2. The molecule has 1 aromatic carbocycles. The highest BCUT2D eigenvalue weighted by Gasteiger charge is 2.25. The molecule has 134 valence electrons. The molecule has 0 bridgehead atoms. The maximum Gasteiger partial charge on any atom is 0.260 e. The Labute approximate surface area is 150 Å². The van der Waals surface area contributed by atoms with Gasteiger partial charge in [-0.3, -0.25) is 9.78 Å². The van der Waals surface area contributed by atoms with Crippen molar-refractivity contribution in [1.82, 2.24) is 14.9 Å². The summed E-state index contributed by atoms with van der Waals surface area (Å²) in [7, 11) is 0. The molecular formula is C20H20FN3O2. The van der Waals surface area contributed by atoms with Gasteiger partial charge in [0.1, 0.15) is 11.6 Å². The fourth-order valence-corrected chi connectivity index (χ4v) is 3.42. The maximum atomic E-state index is 12.9. The number of ether oxygens (including phenoxy) is 1. The highest BCUT2D eigenvalue weighted by molar-refractivity contribution is 5.79. The number of carbonyl (C=O) groups excluding carboxylic acids is 1. The van der Waals surface area contributed by atoms with Gasteiger partial charge in [0.05, 0.1) is 0 Å². The van der Waals surface area contributed by atoms with Crippen LogP contribution in [-0.4, -0.2) is 40.5 Å². The molecule has 0 spiro atoms. The molecule has 0 aliphatic carbocycles. The summed E-state index contributed by atoms with van der Waals surface area (Å²) in [6.45, 7) is 1.40. The predicted octanol–water partition coefficient (Wildman–Crippen LogP) is 3.49. The minimum atomic E-state index is -0.321. The second kappa shape index (κ2) is 7.15. The Balaban J connectivity index is 1.31. The number of rotatable bonds is 4. The van der Waals surface area contributed by atoms with Crippen LogP contribution in [-0.2, 0) is 4.79 Å². The molecule has 0 unspecified atom stereocenters. The lowest BCUT2D eigenvalue weighted by molar-refractivity contribution is -0.134. The molecular weight excluding hydrogens is 333 g/mol. The first-order valence-corrected chi connectivity index (χ1v) is 8.78. The minimum absolute atomic E-state index is 0.0195. The molecule has 1 aliphatic rings. The van der Waals surface area contributed by atoms with Crippen LogP contribution in [0.15, 0.2) is 48.8 Å². The summed E-state index contributed by atoms with van der Waals surface area (Å²) in [6.07, 6.45) is 5.48. The fraction of sp³-hybridized carbons (Fsp3) is 0.300. The van der Waals surface area contributed by atoms with Crippen molar-refractivity contribution in [1.29, 1.82) is 0 Å². The zero-order valence-corrected chi connectivity index (χ0v) is 14.3. The molecule has 1 saturated heterocycles. The predicted molar refractivity (Wildman–Crippen MR) is 96.5 cm³/mol. The summed E-state index contributed by atoms with van der Waals surface area (Å²) in [5.74, 6) is 0.568. The third-order valence-corrected chi connectivity index (χ3v) is 4.91. The number of H-pyrrole nitrogens is 1. The first-order chi connectivity index (χ1) is 12.7.